The number of aryl methyl sites for hydroxylation is 1. The van der Waals surface area contributed by atoms with Gasteiger partial charge in [0, 0.05) is 5.56 Å². The molecule has 0 radical (unpaired) electrons. The molecule has 118 valence electrons. The zero-order chi connectivity index (χ0) is 16.4. The summed E-state index contributed by atoms with van der Waals surface area (Å²) in [6.07, 6.45) is -4.67. The lowest BCUT2D eigenvalue weighted by Gasteiger charge is -2.07. The first-order valence-corrected chi connectivity index (χ1v) is 6.68. The van der Waals surface area contributed by atoms with Gasteiger partial charge in [-0.15, -0.1) is 0 Å². The first-order valence-electron chi connectivity index (χ1n) is 6.68. The Kier molecular flexibility index (Phi) is 3.77. The van der Waals surface area contributed by atoms with Crippen LogP contribution in [0.2, 0.25) is 0 Å². The number of nitrogens with zero attached hydrogens (tertiary/aromatic N) is 2. The fraction of sp³-hybridized carbons (Fsp3) is 0.125. The topological polar surface area (TPSA) is 48.2 Å². The molecule has 0 bridgehead atoms. The summed E-state index contributed by atoms with van der Waals surface area (Å²) in [5.74, 6) is -0.428. The van der Waals surface area contributed by atoms with Gasteiger partial charge in [0.25, 0.3) is 0 Å². The van der Waals surface area contributed by atoms with E-state index in [0.29, 0.717) is 17.1 Å². The molecule has 1 heterocycles. The van der Waals surface area contributed by atoms with Crippen LogP contribution in [0.1, 0.15) is 11.5 Å². The van der Waals surface area contributed by atoms with Crippen molar-refractivity contribution in [3.05, 3.63) is 60.0 Å². The highest BCUT2D eigenvalue weighted by Crippen LogP contribution is 2.31. The van der Waals surface area contributed by atoms with Crippen molar-refractivity contribution >= 4 is 0 Å². The molecule has 0 atom stereocenters. The predicted molar refractivity (Wildman–Crippen MR) is 76.0 cm³/mol. The first-order chi connectivity index (χ1) is 10.9. The summed E-state index contributed by atoms with van der Waals surface area (Å²) in [6, 6.07) is 13.9. The van der Waals surface area contributed by atoms with Gasteiger partial charge < -0.3 is 9.26 Å². The fourth-order valence-electron chi connectivity index (χ4n) is 1.97. The molecule has 7 heteroatoms. The summed E-state index contributed by atoms with van der Waals surface area (Å²) in [5.41, 5.74) is 1.40. The second kappa shape index (κ2) is 5.75. The SMILES string of the molecule is Cc1cccc(Oc2cccc(-c3noc(C(F)(F)F)n3)c2)c1. The molecule has 0 unspecified atom stereocenters. The number of ether oxygens (including phenoxy) is 1. The van der Waals surface area contributed by atoms with Crippen LogP contribution in [-0.2, 0) is 6.18 Å². The van der Waals surface area contributed by atoms with Gasteiger partial charge in [-0.05, 0) is 36.8 Å². The average molecular weight is 320 g/mol. The van der Waals surface area contributed by atoms with Gasteiger partial charge in [-0.2, -0.15) is 18.2 Å². The van der Waals surface area contributed by atoms with Crippen molar-refractivity contribution < 1.29 is 22.4 Å². The van der Waals surface area contributed by atoms with Crippen LogP contribution in [0, 0.1) is 6.92 Å². The highest BCUT2D eigenvalue weighted by atomic mass is 19.4. The molecule has 0 fully saturated rings. The van der Waals surface area contributed by atoms with Crippen LogP contribution in [-0.4, -0.2) is 10.1 Å². The molecular weight excluding hydrogens is 309 g/mol. The molecule has 0 spiro atoms. The van der Waals surface area contributed by atoms with E-state index in [2.05, 4.69) is 14.7 Å². The number of alkyl halides is 3. The van der Waals surface area contributed by atoms with Crippen molar-refractivity contribution in [3.8, 4) is 22.9 Å². The lowest BCUT2D eigenvalue weighted by atomic mass is 10.2. The number of rotatable bonds is 3. The van der Waals surface area contributed by atoms with E-state index in [1.807, 2.05) is 25.1 Å². The number of aromatic nitrogens is 2. The molecule has 0 amide bonds. The molecule has 4 nitrogen and oxygen atoms in total. The van der Waals surface area contributed by atoms with Gasteiger partial charge in [0.05, 0.1) is 0 Å². The van der Waals surface area contributed by atoms with Crippen molar-refractivity contribution in [3.63, 3.8) is 0 Å². The fourth-order valence-corrected chi connectivity index (χ4v) is 1.97. The Morgan fingerprint density at radius 1 is 1.00 bits per heavy atom. The molecule has 0 saturated heterocycles. The van der Waals surface area contributed by atoms with Crippen LogP contribution >= 0.6 is 0 Å². The average Bonchev–Trinajstić information content (AvgIpc) is 2.97. The summed E-state index contributed by atoms with van der Waals surface area (Å²) >= 11 is 0. The second-order valence-corrected chi connectivity index (χ2v) is 4.87. The molecule has 0 aliphatic rings. The van der Waals surface area contributed by atoms with Gasteiger partial charge in [-0.1, -0.05) is 29.4 Å². The van der Waals surface area contributed by atoms with E-state index >= 15 is 0 Å². The summed E-state index contributed by atoms with van der Waals surface area (Å²) < 4.78 is 47.4. The third kappa shape index (κ3) is 3.50. The maximum Gasteiger partial charge on any atom is 0.471 e. The lowest BCUT2D eigenvalue weighted by molar-refractivity contribution is -0.159. The standard InChI is InChI=1S/C16H11F3N2O2/c1-10-4-2-6-12(8-10)22-13-7-3-5-11(9-13)14-20-15(23-21-14)16(17,18)19/h2-9H,1H3. The van der Waals surface area contributed by atoms with Crippen molar-refractivity contribution in [2.75, 3.05) is 0 Å². The summed E-state index contributed by atoms with van der Waals surface area (Å²) in [6.45, 7) is 1.93. The van der Waals surface area contributed by atoms with Crippen LogP contribution in [0.25, 0.3) is 11.4 Å². The van der Waals surface area contributed by atoms with Crippen LogP contribution in [0.5, 0.6) is 11.5 Å². The van der Waals surface area contributed by atoms with Crippen LogP contribution in [0.15, 0.2) is 53.1 Å². The Hall–Kier alpha value is -2.83. The highest BCUT2D eigenvalue weighted by Gasteiger charge is 2.38. The van der Waals surface area contributed by atoms with Crippen molar-refractivity contribution in [1.29, 1.82) is 0 Å². The van der Waals surface area contributed by atoms with E-state index in [1.54, 1.807) is 30.3 Å². The molecule has 0 aliphatic heterocycles. The zero-order valence-electron chi connectivity index (χ0n) is 12.0. The second-order valence-electron chi connectivity index (χ2n) is 4.87. The number of hydrogen-bond donors (Lipinski definition) is 0. The van der Waals surface area contributed by atoms with Gasteiger partial charge in [0.2, 0.25) is 5.82 Å². The Morgan fingerprint density at radius 3 is 2.35 bits per heavy atom. The van der Waals surface area contributed by atoms with E-state index in [0.717, 1.165) is 5.56 Å². The monoisotopic (exact) mass is 320 g/mol. The minimum Gasteiger partial charge on any atom is -0.457 e. The molecule has 0 aliphatic carbocycles. The highest BCUT2D eigenvalue weighted by molar-refractivity contribution is 5.57. The van der Waals surface area contributed by atoms with E-state index in [9.17, 15) is 13.2 Å². The zero-order valence-corrected chi connectivity index (χ0v) is 12.0. The number of hydrogen-bond acceptors (Lipinski definition) is 4. The molecular formula is C16H11F3N2O2. The normalized spacial score (nSPS) is 11.5. The third-order valence-electron chi connectivity index (χ3n) is 2.99. The van der Waals surface area contributed by atoms with Gasteiger partial charge in [-0.3, -0.25) is 0 Å². The largest absolute Gasteiger partial charge is 0.471 e. The maximum atomic E-state index is 12.5. The van der Waals surface area contributed by atoms with E-state index in [-0.39, 0.29) is 5.82 Å². The van der Waals surface area contributed by atoms with Gasteiger partial charge in [-0.25, -0.2) is 0 Å². The van der Waals surface area contributed by atoms with Gasteiger partial charge in [0.15, 0.2) is 0 Å². The van der Waals surface area contributed by atoms with Crippen LogP contribution < -0.4 is 4.74 Å². The maximum absolute atomic E-state index is 12.5. The molecule has 0 saturated carbocycles. The number of benzene rings is 2. The summed E-state index contributed by atoms with van der Waals surface area (Å²) in [5, 5.41) is 3.35. The summed E-state index contributed by atoms with van der Waals surface area (Å²) in [4.78, 5) is 3.36. The van der Waals surface area contributed by atoms with E-state index in [4.69, 9.17) is 4.74 Å². The van der Waals surface area contributed by atoms with Crippen LogP contribution in [0.4, 0.5) is 13.2 Å². The Bertz CT molecular complexity index is 828. The predicted octanol–water partition coefficient (Wildman–Crippen LogP) is 4.86. The molecule has 1 aromatic heterocycles. The molecule has 2 aromatic carbocycles. The summed E-state index contributed by atoms with van der Waals surface area (Å²) in [7, 11) is 0. The van der Waals surface area contributed by atoms with Crippen molar-refractivity contribution in [1.82, 2.24) is 10.1 Å². The van der Waals surface area contributed by atoms with Gasteiger partial charge >= 0.3 is 12.1 Å². The quantitative estimate of drug-likeness (QED) is 0.692. The minimum absolute atomic E-state index is 0.146. The molecule has 3 aromatic rings. The van der Waals surface area contributed by atoms with E-state index < -0.39 is 12.1 Å². The third-order valence-corrected chi connectivity index (χ3v) is 2.99. The molecule has 0 N–H and O–H groups in total. The Balaban J connectivity index is 1.86. The minimum atomic E-state index is -4.67. The van der Waals surface area contributed by atoms with Gasteiger partial charge in [0.1, 0.15) is 11.5 Å². The molecule has 23 heavy (non-hydrogen) atoms. The first kappa shape index (κ1) is 15.1. The Morgan fingerprint density at radius 2 is 1.70 bits per heavy atom. The lowest BCUT2D eigenvalue weighted by Crippen LogP contribution is -2.04. The van der Waals surface area contributed by atoms with Crippen molar-refractivity contribution in [2.45, 2.75) is 13.1 Å². The van der Waals surface area contributed by atoms with E-state index in [1.165, 1.54) is 0 Å². The molecule has 3 rings (SSSR count). The Labute approximate surface area is 129 Å². The number of halogens is 3. The van der Waals surface area contributed by atoms with Crippen LogP contribution in [0.3, 0.4) is 0 Å². The van der Waals surface area contributed by atoms with Crippen molar-refractivity contribution in [2.24, 2.45) is 0 Å². The smallest absolute Gasteiger partial charge is 0.457 e.